The summed E-state index contributed by atoms with van der Waals surface area (Å²) in [6.45, 7) is -0.646. The van der Waals surface area contributed by atoms with E-state index in [0.717, 1.165) is 5.56 Å². The fourth-order valence-electron chi connectivity index (χ4n) is 2.08. The number of aliphatic carboxylic acids is 1. The molecule has 0 fully saturated rings. The number of aliphatic hydroxyl groups excluding tert-OH is 1. The largest absolute Gasteiger partial charge is 0.480 e. The van der Waals surface area contributed by atoms with Crippen molar-refractivity contribution in [1.82, 2.24) is 4.72 Å². The van der Waals surface area contributed by atoms with Crippen molar-refractivity contribution >= 4 is 27.5 Å². The van der Waals surface area contributed by atoms with Gasteiger partial charge >= 0.3 is 5.97 Å². The standard InChI is InChI=1S/C17H19N5O5S/c18-17(21-22-20-14-5-1-12(2-6-14)9-10-23)13-3-7-15(8-4-13)28(26,27)19-11-16(24)25/h1-8,19,23H,9-11H2,(H,24,25)(H2,18,20,21). The van der Waals surface area contributed by atoms with Crippen LogP contribution in [0, 0.1) is 0 Å². The summed E-state index contributed by atoms with van der Waals surface area (Å²) in [4.78, 5) is 10.4. The molecule has 2 aromatic rings. The first-order valence-corrected chi connectivity index (χ1v) is 9.56. The van der Waals surface area contributed by atoms with Crippen molar-refractivity contribution < 1.29 is 23.4 Å². The maximum Gasteiger partial charge on any atom is 0.318 e. The van der Waals surface area contributed by atoms with Crippen LogP contribution in [0.5, 0.6) is 0 Å². The zero-order valence-electron chi connectivity index (χ0n) is 14.7. The number of nitrogens with two attached hydrogens (primary N) is 1. The van der Waals surface area contributed by atoms with Crippen LogP contribution in [0.3, 0.4) is 0 Å². The summed E-state index contributed by atoms with van der Waals surface area (Å²) in [6.07, 6.45) is 0.556. The van der Waals surface area contributed by atoms with Gasteiger partial charge in [-0.25, -0.2) is 8.42 Å². The number of hydrogen-bond acceptors (Lipinski definition) is 6. The second-order valence-corrected chi connectivity index (χ2v) is 7.32. The van der Waals surface area contributed by atoms with Crippen LogP contribution in [0.4, 0.5) is 5.69 Å². The molecule has 0 saturated carbocycles. The number of sulfonamides is 1. The van der Waals surface area contributed by atoms with E-state index >= 15 is 0 Å². The van der Waals surface area contributed by atoms with E-state index in [1.54, 1.807) is 12.1 Å². The first-order valence-electron chi connectivity index (χ1n) is 8.07. The van der Waals surface area contributed by atoms with Gasteiger partial charge in [-0.05, 0) is 53.6 Å². The molecule has 148 valence electrons. The maximum atomic E-state index is 11.9. The fraction of sp³-hybridized carbons (Fsp3) is 0.176. The summed E-state index contributed by atoms with van der Waals surface area (Å²) in [7, 11) is -3.93. The molecule has 0 atom stereocenters. The zero-order valence-corrected chi connectivity index (χ0v) is 15.5. The molecule has 2 aromatic carbocycles. The summed E-state index contributed by atoms with van der Waals surface area (Å²) >= 11 is 0. The molecule has 0 saturated heterocycles. The molecule has 0 aromatic heterocycles. The van der Waals surface area contributed by atoms with E-state index in [1.165, 1.54) is 24.3 Å². The Morgan fingerprint density at radius 2 is 1.71 bits per heavy atom. The summed E-state index contributed by atoms with van der Waals surface area (Å²) in [5, 5.41) is 28.8. The van der Waals surface area contributed by atoms with E-state index in [-0.39, 0.29) is 17.3 Å². The van der Waals surface area contributed by atoms with Crippen molar-refractivity contribution in [3.63, 3.8) is 0 Å². The number of amidine groups is 1. The Kier molecular flexibility index (Phi) is 7.32. The van der Waals surface area contributed by atoms with Crippen LogP contribution in [0.2, 0.25) is 0 Å². The lowest BCUT2D eigenvalue weighted by molar-refractivity contribution is -0.135. The molecule has 5 N–H and O–H groups in total. The summed E-state index contributed by atoms with van der Waals surface area (Å²) in [5.41, 5.74) is 7.76. The second-order valence-electron chi connectivity index (χ2n) is 5.56. The van der Waals surface area contributed by atoms with Crippen molar-refractivity contribution in [2.75, 3.05) is 13.2 Å². The van der Waals surface area contributed by atoms with Gasteiger partial charge in [0, 0.05) is 12.2 Å². The molecule has 28 heavy (non-hydrogen) atoms. The quantitative estimate of drug-likeness (QED) is 0.210. The van der Waals surface area contributed by atoms with Crippen LogP contribution in [0.15, 0.2) is 68.9 Å². The lowest BCUT2D eigenvalue weighted by atomic mass is 10.1. The van der Waals surface area contributed by atoms with E-state index in [2.05, 4.69) is 15.4 Å². The van der Waals surface area contributed by atoms with Gasteiger partial charge in [0.25, 0.3) is 0 Å². The molecule has 0 amide bonds. The molecule has 2 rings (SSSR count). The number of carbonyl (C=O) groups is 1. The highest BCUT2D eigenvalue weighted by atomic mass is 32.2. The predicted octanol–water partition coefficient (Wildman–Crippen LogP) is 0.988. The van der Waals surface area contributed by atoms with Gasteiger partial charge in [-0.1, -0.05) is 12.1 Å². The minimum atomic E-state index is -3.93. The highest BCUT2D eigenvalue weighted by Crippen LogP contribution is 2.14. The van der Waals surface area contributed by atoms with Crippen molar-refractivity contribution in [1.29, 1.82) is 0 Å². The minimum absolute atomic E-state index is 0.0306. The number of benzene rings is 2. The Hall–Kier alpha value is -3.15. The number of aliphatic hydroxyl groups is 1. The molecule has 0 heterocycles. The Bertz CT molecular complexity index is 970. The third-order valence-corrected chi connectivity index (χ3v) is 4.94. The molecule has 0 bridgehead atoms. The van der Waals surface area contributed by atoms with Gasteiger partial charge < -0.3 is 15.9 Å². The summed E-state index contributed by atoms with van der Waals surface area (Å²) < 4.78 is 25.8. The average molecular weight is 405 g/mol. The van der Waals surface area contributed by atoms with Crippen molar-refractivity contribution in [3.8, 4) is 0 Å². The Labute approximate surface area is 161 Å². The molecule has 10 nitrogen and oxygen atoms in total. The van der Waals surface area contributed by atoms with E-state index in [0.29, 0.717) is 17.7 Å². The summed E-state index contributed by atoms with van der Waals surface area (Å²) in [5.74, 6) is -1.26. The van der Waals surface area contributed by atoms with Gasteiger partial charge in [0.05, 0.1) is 10.6 Å². The topological polar surface area (TPSA) is 167 Å². The first kappa shape index (κ1) is 21.2. The summed E-state index contributed by atoms with van der Waals surface area (Å²) in [6, 6.07) is 12.5. The lowest BCUT2D eigenvalue weighted by Crippen LogP contribution is -2.29. The van der Waals surface area contributed by atoms with Crippen LogP contribution >= 0.6 is 0 Å². The monoisotopic (exact) mass is 405 g/mol. The Morgan fingerprint density at radius 3 is 2.29 bits per heavy atom. The number of nitrogens with zero attached hydrogens (tertiary/aromatic N) is 3. The Morgan fingerprint density at radius 1 is 1.07 bits per heavy atom. The number of hydrogen-bond donors (Lipinski definition) is 4. The van der Waals surface area contributed by atoms with Gasteiger partial charge in [0.15, 0.2) is 5.84 Å². The third kappa shape index (κ3) is 6.23. The second kappa shape index (κ2) is 9.69. The molecule has 0 unspecified atom stereocenters. The fourth-order valence-corrected chi connectivity index (χ4v) is 3.06. The maximum absolute atomic E-state index is 11.9. The highest BCUT2D eigenvalue weighted by Gasteiger charge is 2.15. The van der Waals surface area contributed by atoms with Crippen molar-refractivity contribution in [3.05, 3.63) is 59.7 Å². The SMILES string of the molecule is N/C(=N\N=Nc1ccc(CCO)cc1)c1ccc(S(=O)(=O)NCC(=O)O)cc1. The number of carboxylic acids is 1. The van der Waals surface area contributed by atoms with E-state index in [4.69, 9.17) is 15.9 Å². The molecule has 11 heteroatoms. The van der Waals surface area contributed by atoms with Gasteiger partial charge in [0.2, 0.25) is 10.0 Å². The smallest absolute Gasteiger partial charge is 0.318 e. The van der Waals surface area contributed by atoms with Crippen LogP contribution in [-0.4, -0.2) is 43.6 Å². The normalized spacial score (nSPS) is 12.4. The van der Waals surface area contributed by atoms with Gasteiger partial charge in [-0.3, -0.25) is 4.79 Å². The predicted molar refractivity (Wildman–Crippen MR) is 102 cm³/mol. The molecule has 0 aliphatic heterocycles. The van der Waals surface area contributed by atoms with Crippen LogP contribution in [0.25, 0.3) is 0 Å². The molecule has 0 radical (unpaired) electrons. The number of rotatable bonds is 9. The van der Waals surface area contributed by atoms with E-state index in [1.807, 2.05) is 16.9 Å². The molecular formula is C17H19N5O5S. The molecule has 0 spiro atoms. The molecule has 0 aliphatic rings. The number of nitrogens with one attached hydrogen (secondary N) is 1. The first-order chi connectivity index (χ1) is 13.3. The van der Waals surface area contributed by atoms with Crippen molar-refractivity contribution in [2.24, 2.45) is 21.2 Å². The van der Waals surface area contributed by atoms with Crippen molar-refractivity contribution in [2.45, 2.75) is 11.3 Å². The van der Waals surface area contributed by atoms with E-state index < -0.39 is 22.5 Å². The van der Waals surface area contributed by atoms with Gasteiger partial charge in [0.1, 0.15) is 6.54 Å². The highest BCUT2D eigenvalue weighted by molar-refractivity contribution is 7.89. The lowest BCUT2D eigenvalue weighted by Gasteiger charge is -2.05. The van der Waals surface area contributed by atoms with Gasteiger partial charge in [-0.15, -0.1) is 10.2 Å². The third-order valence-electron chi connectivity index (χ3n) is 3.52. The zero-order chi connectivity index (χ0) is 20.6. The van der Waals surface area contributed by atoms with Crippen LogP contribution in [0.1, 0.15) is 11.1 Å². The molecular weight excluding hydrogens is 386 g/mol. The minimum Gasteiger partial charge on any atom is -0.480 e. The molecule has 0 aliphatic carbocycles. The van der Waals surface area contributed by atoms with Crippen LogP contribution < -0.4 is 10.5 Å². The van der Waals surface area contributed by atoms with E-state index in [9.17, 15) is 13.2 Å². The van der Waals surface area contributed by atoms with Crippen LogP contribution in [-0.2, 0) is 21.2 Å². The van der Waals surface area contributed by atoms with Gasteiger partial charge in [-0.2, -0.15) is 4.72 Å². The average Bonchev–Trinajstić information content (AvgIpc) is 2.68. The number of carboxylic acid groups (broad SMARTS) is 1. The Balaban J connectivity index is 2.05.